The molecule has 0 saturated carbocycles. The van der Waals surface area contributed by atoms with Gasteiger partial charge in [0.15, 0.2) is 0 Å². The number of nitrogens with one attached hydrogen (secondary N) is 1. The van der Waals surface area contributed by atoms with Crippen LogP contribution in [0.4, 0.5) is 0 Å². The topological polar surface area (TPSA) is 31.4 Å². The molecule has 4 nitrogen and oxygen atoms in total. The second kappa shape index (κ2) is 5.53. The van der Waals surface area contributed by atoms with E-state index in [9.17, 15) is 0 Å². The average molecular weight is 267 g/mol. The fraction of sp³-hybridized carbons (Fsp3) is 0.615. The number of pyridine rings is 1. The van der Waals surface area contributed by atoms with E-state index in [1.165, 1.54) is 31.7 Å². The van der Waals surface area contributed by atoms with Crippen molar-refractivity contribution in [3.63, 3.8) is 0 Å². The first-order chi connectivity index (χ1) is 8.81. The van der Waals surface area contributed by atoms with Gasteiger partial charge in [-0.3, -0.25) is 9.80 Å². The molecule has 0 spiro atoms. The number of rotatable bonds is 3. The van der Waals surface area contributed by atoms with Gasteiger partial charge in [0.25, 0.3) is 0 Å². The van der Waals surface area contributed by atoms with E-state index in [0.29, 0.717) is 5.15 Å². The fourth-order valence-corrected chi connectivity index (χ4v) is 2.82. The summed E-state index contributed by atoms with van der Waals surface area (Å²) in [6.07, 6.45) is 1.88. The number of piperazine rings is 1. The molecular formula is C13H19ClN4. The largest absolute Gasteiger partial charge is 0.314 e. The van der Waals surface area contributed by atoms with Gasteiger partial charge in [0.05, 0.1) is 0 Å². The van der Waals surface area contributed by atoms with E-state index in [1.54, 1.807) is 0 Å². The minimum Gasteiger partial charge on any atom is -0.314 e. The molecule has 2 aliphatic rings. The molecule has 0 aromatic carbocycles. The van der Waals surface area contributed by atoms with Crippen LogP contribution >= 0.6 is 11.6 Å². The highest BCUT2D eigenvalue weighted by atomic mass is 35.5. The van der Waals surface area contributed by atoms with Crippen LogP contribution in [-0.2, 0) is 6.54 Å². The van der Waals surface area contributed by atoms with E-state index in [2.05, 4.69) is 26.2 Å². The summed E-state index contributed by atoms with van der Waals surface area (Å²) in [5, 5.41) is 3.97. The zero-order chi connectivity index (χ0) is 12.4. The maximum atomic E-state index is 5.78. The number of aromatic nitrogens is 1. The fourth-order valence-electron chi connectivity index (χ4n) is 2.71. The average Bonchev–Trinajstić information content (AvgIpc) is 2.36. The Morgan fingerprint density at radius 1 is 1.28 bits per heavy atom. The molecule has 2 saturated heterocycles. The van der Waals surface area contributed by atoms with Gasteiger partial charge in [-0.25, -0.2) is 4.98 Å². The first-order valence-corrected chi connectivity index (χ1v) is 6.96. The third-order valence-electron chi connectivity index (χ3n) is 3.80. The molecule has 1 aromatic rings. The van der Waals surface area contributed by atoms with Crippen LogP contribution in [0.2, 0.25) is 5.15 Å². The van der Waals surface area contributed by atoms with Crippen LogP contribution in [0.1, 0.15) is 5.56 Å². The van der Waals surface area contributed by atoms with Gasteiger partial charge in [0, 0.05) is 58.1 Å². The maximum absolute atomic E-state index is 5.78. The highest BCUT2D eigenvalue weighted by molar-refractivity contribution is 6.29. The van der Waals surface area contributed by atoms with Crippen molar-refractivity contribution in [2.45, 2.75) is 12.6 Å². The van der Waals surface area contributed by atoms with Crippen LogP contribution in [0.15, 0.2) is 18.3 Å². The number of halogens is 1. The third kappa shape index (κ3) is 2.83. The van der Waals surface area contributed by atoms with Crippen molar-refractivity contribution in [1.29, 1.82) is 0 Å². The molecule has 3 heterocycles. The second-order valence-electron chi connectivity index (χ2n) is 5.12. The van der Waals surface area contributed by atoms with Crippen molar-refractivity contribution in [2.24, 2.45) is 0 Å². The van der Waals surface area contributed by atoms with Crippen LogP contribution in [0.5, 0.6) is 0 Å². The molecule has 1 N–H and O–H groups in total. The predicted octanol–water partition coefficient (Wildman–Crippen LogP) is 0.824. The lowest BCUT2D eigenvalue weighted by atomic mass is 10.1. The van der Waals surface area contributed by atoms with E-state index in [-0.39, 0.29) is 0 Å². The Morgan fingerprint density at radius 3 is 2.72 bits per heavy atom. The summed E-state index contributed by atoms with van der Waals surface area (Å²) in [6.45, 7) is 8.02. The highest BCUT2D eigenvalue weighted by Crippen LogP contribution is 2.18. The number of likely N-dealkylation sites (tertiary alicyclic amines) is 1. The minimum atomic E-state index is 0.570. The maximum Gasteiger partial charge on any atom is 0.129 e. The van der Waals surface area contributed by atoms with Crippen molar-refractivity contribution in [3.8, 4) is 0 Å². The van der Waals surface area contributed by atoms with Crippen molar-refractivity contribution in [1.82, 2.24) is 20.1 Å². The van der Waals surface area contributed by atoms with Gasteiger partial charge in [-0.2, -0.15) is 0 Å². The molecule has 1 aromatic heterocycles. The van der Waals surface area contributed by atoms with E-state index in [0.717, 1.165) is 25.7 Å². The van der Waals surface area contributed by atoms with Crippen LogP contribution in [0.25, 0.3) is 0 Å². The second-order valence-corrected chi connectivity index (χ2v) is 5.51. The molecule has 0 aliphatic carbocycles. The quantitative estimate of drug-likeness (QED) is 0.821. The Bertz CT molecular complexity index is 382. The molecule has 18 heavy (non-hydrogen) atoms. The highest BCUT2D eigenvalue weighted by Gasteiger charge is 2.31. The number of hydrogen-bond donors (Lipinski definition) is 1. The summed E-state index contributed by atoms with van der Waals surface area (Å²) in [7, 11) is 0. The van der Waals surface area contributed by atoms with Crippen molar-refractivity contribution in [2.75, 3.05) is 39.3 Å². The van der Waals surface area contributed by atoms with Crippen molar-refractivity contribution in [3.05, 3.63) is 29.0 Å². The van der Waals surface area contributed by atoms with E-state index >= 15 is 0 Å². The summed E-state index contributed by atoms with van der Waals surface area (Å²) in [5.41, 5.74) is 1.25. The Labute approximate surface area is 113 Å². The summed E-state index contributed by atoms with van der Waals surface area (Å²) in [5.74, 6) is 0. The summed E-state index contributed by atoms with van der Waals surface area (Å²) in [6, 6.07) is 4.69. The molecular weight excluding hydrogens is 248 g/mol. The molecule has 0 amide bonds. The first-order valence-electron chi connectivity index (χ1n) is 6.59. The Morgan fingerprint density at radius 2 is 2.06 bits per heavy atom. The summed E-state index contributed by atoms with van der Waals surface area (Å²) >= 11 is 5.78. The normalized spacial score (nSPS) is 22.9. The molecule has 2 fully saturated rings. The lowest BCUT2D eigenvalue weighted by molar-refractivity contribution is 0.0222. The van der Waals surface area contributed by atoms with Crippen molar-refractivity contribution >= 4 is 11.6 Å². The zero-order valence-electron chi connectivity index (χ0n) is 10.5. The number of nitrogens with zero attached hydrogens (tertiary/aromatic N) is 3. The lowest BCUT2D eigenvalue weighted by Crippen LogP contribution is -2.62. The molecule has 2 aliphatic heterocycles. The van der Waals surface area contributed by atoms with Crippen LogP contribution < -0.4 is 5.32 Å². The number of hydrogen-bond acceptors (Lipinski definition) is 4. The SMILES string of the molecule is Clc1ccc(CN2CC(N3CCNCC3)C2)cn1. The van der Waals surface area contributed by atoms with E-state index in [1.807, 2.05) is 12.3 Å². The Kier molecular flexibility index (Phi) is 3.80. The molecule has 5 heteroatoms. The molecule has 3 rings (SSSR count). The summed E-state index contributed by atoms with van der Waals surface area (Å²) in [4.78, 5) is 9.19. The van der Waals surface area contributed by atoms with Gasteiger partial charge in [0.2, 0.25) is 0 Å². The van der Waals surface area contributed by atoms with Crippen LogP contribution in [-0.4, -0.2) is 60.1 Å². The standard InChI is InChI=1S/C13H19ClN4/c14-13-2-1-11(7-16-13)8-17-9-12(10-17)18-5-3-15-4-6-18/h1-2,7,12,15H,3-6,8-10H2. The predicted molar refractivity (Wildman–Crippen MR) is 72.8 cm³/mol. The van der Waals surface area contributed by atoms with Gasteiger partial charge >= 0.3 is 0 Å². The van der Waals surface area contributed by atoms with Gasteiger partial charge < -0.3 is 5.32 Å². The third-order valence-corrected chi connectivity index (χ3v) is 4.02. The van der Waals surface area contributed by atoms with Gasteiger partial charge in [-0.1, -0.05) is 17.7 Å². The minimum absolute atomic E-state index is 0.570. The smallest absolute Gasteiger partial charge is 0.129 e. The van der Waals surface area contributed by atoms with Gasteiger partial charge in [0.1, 0.15) is 5.15 Å². The van der Waals surface area contributed by atoms with Crippen molar-refractivity contribution < 1.29 is 0 Å². The zero-order valence-corrected chi connectivity index (χ0v) is 11.2. The molecule has 0 radical (unpaired) electrons. The Hall–Kier alpha value is -0.680. The molecule has 0 bridgehead atoms. The van der Waals surface area contributed by atoms with Crippen LogP contribution in [0, 0.1) is 0 Å². The van der Waals surface area contributed by atoms with E-state index in [4.69, 9.17) is 11.6 Å². The van der Waals surface area contributed by atoms with Gasteiger partial charge in [-0.15, -0.1) is 0 Å². The van der Waals surface area contributed by atoms with E-state index < -0.39 is 0 Å². The summed E-state index contributed by atoms with van der Waals surface area (Å²) < 4.78 is 0. The van der Waals surface area contributed by atoms with Crippen LogP contribution in [0.3, 0.4) is 0 Å². The molecule has 98 valence electrons. The van der Waals surface area contributed by atoms with Gasteiger partial charge in [-0.05, 0) is 11.6 Å². The lowest BCUT2D eigenvalue weighted by Gasteiger charge is -2.46. The Balaban J connectivity index is 1.46. The monoisotopic (exact) mass is 266 g/mol. The molecule has 0 unspecified atom stereocenters. The first kappa shape index (κ1) is 12.4. The molecule has 0 atom stereocenters.